The van der Waals surface area contributed by atoms with Gasteiger partial charge in [0.15, 0.2) is 0 Å². The zero-order valence-corrected chi connectivity index (χ0v) is 34.1. The zero-order chi connectivity index (χ0) is 36.2. The molecule has 0 radical (unpaired) electrons. The van der Waals surface area contributed by atoms with Gasteiger partial charge in [-0.3, -0.25) is 4.79 Å². The third-order valence-corrected chi connectivity index (χ3v) is 9.44. The van der Waals surface area contributed by atoms with Crippen LogP contribution in [0.25, 0.3) is 0 Å². The molecule has 0 saturated carbocycles. The number of nitrogens with one attached hydrogen (secondary N) is 1. The molecule has 1 N–H and O–H groups in total. The van der Waals surface area contributed by atoms with Gasteiger partial charge in [0.2, 0.25) is 0 Å². The number of hydrogen-bond donors (Lipinski definition) is 1. The van der Waals surface area contributed by atoms with E-state index in [1.54, 1.807) is 0 Å². The molecule has 0 rings (SSSR count). The third-order valence-electron chi connectivity index (χ3n) is 9.44. The van der Waals surface area contributed by atoms with Gasteiger partial charge in [-0.2, -0.15) is 0 Å². The average molecular weight is 698 g/mol. The monoisotopic (exact) mass is 698 g/mol. The van der Waals surface area contributed by atoms with Gasteiger partial charge in [-0.15, -0.1) is 0 Å². The van der Waals surface area contributed by atoms with Gasteiger partial charge in [-0.1, -0.05) is 155 Å². The summed E-state index contributed by atoms with van der Waals surface area (Å²) in [6.45, 7) is 17.3. The van der Waals surface area contributed by atoms with Crippen molar-refractivity contribution in [2.75, 3.05) is 26.4 Å². The topological polar surface area (TPSA) is 66.0 Å². The summed E-state index contributed by atoms with van der Waals surface area (Å²) in [5, 5.41) is 3.38. The van der Waals surface area contributed by atoms with E-state index >= 15 is 0 Å². The van der Waals surface area contributed by atoms with Crippen molar-refractivity contribution in [2.24, 2.45) is 0 Å². The average Bonchev–Trinajstić information content (AvgIpc) is 3.06. The minimum atomic E-state index is -0.233. The molecule has 0 aliphatic rings. The highest BCUT2D eigenvalue weighted by Gasteiger charge is 2.17. The Balaban J connectivity index is 3.59. The van der Waals surface area contributed by atoms with Crippen LogP contribution in [0.15, 0.2) is 0 Å². The fourth-order valence-electron chi connectivity index (χ4n) is 6.36. The smallest absolute Gasteiger partial charge is 0.323 e. The first-order valence-corrected chi connectivity index (χ1v) is 21.5. The molecule has 0 aliphatic heterocycles. The number of esters is 1. The van der Waals surface area contributed by atoms with Gasteiger partial charge >= 0.3 is 5.97 Å². The van der Waals surface area contributed by atoms with Crippen molar-refractivity contribution in [1.29, 1.82) is 0 Å². The van der Waals surface area contributed by atoms with E-state index in [1.807, 2.05) is 20.8 Å². The highest BCUT2D eigenvalue weighted by Crippen LogP contribution is 2.15. The molecule has 0 heterocycles. The van der Waals surface area contributed by atoms with Gasteiger partial charge in [0.1, 0.15) is 12.1 Å². The highest BCUT2D eigenvalue weighted by molar-refractivity contribution is 5.75. The fraction of sp³-hybridized carbons (Fsp3) is 0.977. The summed E-state index contributed by atoms with van der Waals surface area (Å²) in [6.07, 6.45) is 34.9. The predicted molar refractivity (Wildman–Crippen MR) is 211 cm³/mol. The lowest BCUT2D eigenvalue weighted by Crippen LogP contribution is -2.41. The molecular weight excluding hydrogens is 610 g/mol. The van der Waals surface area contributed by atoms with Crippen LogP contribution in [0.3, 0.4) is 0 Å². The number of hydrogen-bond acceptors (Lipinski definition) is 6. The molecule has 2 unspecified atom stereocenters. The molecule has 0 bridgehead atoms. The Morgan fingerprint density at radius 3 is 1.37 bits per heavy atom. The minimum Gasteiger partial charge on any atom is -0.462 e. The second kappa shape index (κ2) is 37.1. The molecule has 0 amide bonds. The highest BCUT2D eigenvalue weighted by atomic mass is 16.6. The van der Waals surface area contributed by atoms with Gasteiger partial charge in [-0.05, 0) is 60.8 Å². The van der Waals surface area contributed by atoms with E-state index in [9.17, 15) is 4.79 Å². The van der Waals surface area contributed by atoms with E-state index in [1.165, 1.54) is 148 Å². The molecule has 3 atom stereocenters. The van der Waals surface area contributed by atoms with Crippen LogP contribution in [0.5, 0.6) is 0 Å². The first-order valence-electron chi connectivity index (χ1n) is 21.5. The summed E-state index contributed by atoms with van der Waals surface area (Å²) < 4.78 is 23.3. The fourth-order valence-corrected chi connectivity index (χ4v) is 6.36. The summed E-state index contributed by atoms with van der Waals surface area (Å²) in [7, 11) is 0. The van der Waals surface area contributed by atoms with E-state index in [-0.39, 0.29) is 30.3 Å². The first-order chi connectivity index (χ1) is 23.8. The first kappa shape index (κ1) is 48.3. The van der Waals surface area contributed by atoms with Crippen LogP contribution in [0.1, 0.15) is 215 Å². The Morgan fingerprint density at radius 1 is 0.490 bits per heavy atom. The van der Waals surface area contributed by atoms with Gasteiger partial charge in [0.25, 0.3) is 0 Å². The van der Waals surface area contributed by atoms with Crippen LogP contribution >= 0.6 is 0 Å². The number of ether oxygens (including phenoxy) is 4. The standard InChI is InChI=1S/C43H87NO5/c1-8-9-10-11-12-13-14-20-23-26-29-32-35-47-42(37-48-38(2)3)36-46-34-31-28-25-22-19-17-15-16-18-21-24-27-30-33-40(6)44-41(7)43(45)49-39(4)5/h38-42,44H,8-37H2,1-7H3/t40?,41-,42?/m0/s1. The molecule has 0 fully saturated rings. The van der Waals surface area contributed by atoms with E-state index in [4.69, 9.17) is 18.9 Å². The van der Waals surface area contributed by atoms with Crippen molar-refractivity contribution in [2.45, 2.75) is 246 Å². The Bertz CT molecular complexity index is 673. The SMILES string of the molecule is CCCCCCCCCCCCCCOC(COCCCCCCCCCCCCCCCC(C)N[C@@H](C)C(=O)OC(C)C)COC(C)C. The van der Waals surface area contributed by atoms with Gasteiger partial charge in [0, 0.05) is 19.3 Å². The predicted octanol–water partition coefficient (Wildman–Crippen LogP) is 12.3. The minimum absolute atomic E-state index is 0.0537. The van der Waals surface area contributed by atoms with E-state index < -0.39 is 0 Å². The number of unbranched alkanes of at least 4 members (excludes halogenated alkanes) is 23. The largest absolute Gasteiger partial charge is 0.462 e. The van der Waals surface area contributed by atoms with Gasteiger partial charge in [0.05, 0.1) is 25.4 Å². The Kier molecular flexibility index (Phi) is 36.6. The Morgan fingerprint density at radius 2 is 0.918 bits per heavy atom. The third kappa shape index (κ3) is 36.9. The van der Waals surface area contributed by atoms with Crippen LogP contribution < -0.4 is 5.32 Å². The Hall–Kier alpha value is -0.690. The molecule has 0 aromatic rings. The quantitative estimate of drug-likeness (QED) is 0.0509. The van der Waals surface area contributed by atoms with E-state index in [0.29, 0.717) is 19.3 Å². The molecule has 49 heavy (non-hydrogen) atoms. The molecule has 6 heteroatoms. The summed E-state index contributed by atoms with van der Waals surface area (Å²) in [6, 6.07) is 0.117. The van der Waals surface area contributed by atoms with Crippen LogP contribution in [-0.4, -0.2) is 62.8 Å². The number of rotatable bonds is 39. The molecule has 6 nitrogen and oxygen atoms in total. The van der Waals surface area contributed by atoms with Crippen LogP contribution in [0.2, 0.25) is 0 Å². The normalized spacial score (nSPS) is 13.7. The second-order valence-electron chi connectivity index (χ2n) is 15.5. The van der Waals surface area contributed by atoms with Crippen LogP contribution in [0, 0.1) is 0 Å². The molecule has 0 aromatic heterocycles. The zero-order valence-electron chi connectivity index (χ0n) is 34.1. The summed E-state index contributed by atoms with van der Waals surface area (Å²) in [5.74, 6) is -0.148. The van der Waals surface area contributed by atoms with Crippen molar-refractivity contribution in [3.8, 4) is 0 Å². The number of carbonyl (C=O) groups is 1. The number of carbonyl (C=O) groups excluding carboxylic acids is 1. The molecule has 294 valence electrons. The van der Waals surface area contributed by atoms with Crippen LogP contribution in [-0.2, 0) is 23.7 Å². The van der Waals surface area contributed by atoms with Gasteiger partial charge in [-0.25, -0.2) is 0 Å². The summed E-state index contributed by atoms with van der Waals surface area (Å²) in [4.78, 5) is 11.9. The van der Waals surface area contributed by atoms with Crippen molar-refractivity contribution in [3.05, 3.63) is 0 Å². The summed E-state index contributed by atoms with van der Waals surface area (Å²) in [5.41, 5.74) is 0. The van der Waals surface area contributed by atoms with Crippen molar-refractivity contribution in [1.82, 2.24) is 5.32 Å². The lowest BCUT2D eigenvalue weighted by molar-refractivity contribution is -0.149. The van der Waals surface area contributed by atoms with Crippen LogP contribution in [0.4, 0.5) is 0 Å². The van der Waals surface area contributed by atoms with Crippen molar-refractivity contribution < 1.29 is 23.7 Å². The van der Waals surface area contributed by atoms with Crippen molar-refractivity contribution in [3.63, 3.8) is 0 Å². The maximum absolute atomic E-state index is 11.9. The maximum atomic E-state index is 11.9. The molecule has 0 spiro atoms. The molecular formula is C43H87NO5. The van der Waals surface area contributed by atoms with Crippen molar-refractivity contribution >= 4 is 5.97 Å². The lowest BCUT2D eigenvalue weighted by Gasteiger charge is -2.20. The summed E-state index contributed by atoms with van der Waals surface area (Å²) >= 11 is 0. The lowest BCUT2D eigenvalue weighted by atomic mass is 10.0. The van der Waals surface area contributed by atoms with Gasteiger partial charge < -0.3 is 24.3 Å². The molecule has 0 aromatic carbocycles. The van der Waals surface area contributed by atoms with E-state index in [2.05, 4.69) is 33.0 Å². The second-order valence-corrected chi connectivity index (χ2v) is 15.5. The molecule has 0 saturated heterocycles. The molecule has 0 aliphatic carbocycles. The maximum Gasteiger partial charge on any atom is 0.323 e. The Labute approximate surface area is 306 Å². The van der Waals surface area contributed by atoms with E-state index in [0.717, 1.165) is 32.5 Å².